The molecule has 0 aliphatic heterocycles. The molecule has 0 saturated heterocycles. The molecule has 19 heavy (non-hydrogen) atoms. The van der Waals surface area contributed by atoms with Gasteiger partial charge in [-0.25, -0.2) is 4.79 Å². The monoisotopic (exact) mass is 266 g/mol. The summed E-state index contributed by atoms with van der Waals surface area (Å²) in [6.45, 7) is 3.89. The summed E-state index contributed by atoms with van der Waals surface area (Å²) in [6, 6.07) is 1.96. The number of carbonyl (C=O) groups excluding carboxylic acids is 2. The third-order valence-corrected chi connectivity index (χ3v) is 2.54. The van der Waals surface area contributed by atoms with Crippen LogP contribution in [0.1, 0.15) is 30.6 Å². The lowest BCUT2D eigenvalue weighted by molar-refractivity contribution is -0.143. The molecule has 0 aliphatic rings. The van der Waals surface area contributed by atoms with Gasteiger partial charge >= 0.3 is 5.97 Å². The number of esters is 1. The Labute approximate surface area is 111 Å². The van der Waals surface area contributed by atoms with Crippen molar-refractivity contribution < 1.29 is 14.3 Å². The Balaban J connectivity index is 2.78. The van der Waals surface area contributed by atoms with E-state index in [9.17, 15) is 14.4 Å². The molecule has 104 valence electrons. The third-order valence-electron chi connectivity index (χ3n) is 2.54. The van der Waals surface area contributed by atoms with Crippen LogP contribution in [-0.2, 0) is 9.53 Å². The number of methoxy groups -OCH3 is 1. The van der Waals surface area contributed by atoms with Gasteiger partial charge < -0.3 is 15.0 Å². The second kappa shape index (κ2) is 6.72. The molecule has 0 radical (unpaired) electrons. The van der Waals surface area contributed by atoms with Crippen LogP contribution in [0, 0.1) is 5.92 Å². The molecule has 0 saturated carbocycles. The molecule has 0 spiro atoms. The highest BCUT2D eigenvalue weighted by Crippen LogP contribution is 2.07. The summed E-state index contributed by atoms with van der Waals surface area (Å²) in [4.78, 5) is 36.8. The van der Waals surface area contributed by atoms with E-state index in [0.717, 1.165) is 0 Å². The number of pyridine rings is 1. The predicted octanol–water partition coefficient (Wildman–Crippen LogP) is 0.692. The Morgan fingerprint density at radius 3 is 2.53 bits per heavy atom. The van der Waals surface area contributed by atoms with Crippen molar-refractivity contribution in [1.29, 1.82) is 0 Å². The maximum absolute atomic E-state index is 11.9. The van der Waals surface area contributed by atoms with Crippen LogP contribution in [0.2, 0.25) is 0 Å². The highest BCUT2D eigenvalue weighted by molar-refractivity contribution is 5.96. The molecule has 1 heterocycles. The summed E-state index contributed by atoms with van der Waals surface area (Å²) >= 11 is 0. The molecule has 1 atom stereocenters. The molecule has 1 rings (SSSR count). The fraction of sp³-hybridized carbons (Fsp3) is 0.462. The largest absolute Gasteiger partial charge is 0.467 e. The number of nitrogens with one attached hydrogen (secondary N) is 2. The van der Waals surface area contributed by atoms with Gasteiger partial charge in [-0.15, -0.1) is 0 Å². The number of hydrogen-bond acceptors (Lipinski definition) is 4. The summed E-state index contributed by atoms with van der Waals surface area (Å²) in [6.07, 6.45) is 1.79. The number of ether oxygens (including phenoxy) is 1. The first-order valence-electron chi connectivity index (χ1n) is 6.01. The van der Waals surface area contributed by atoms with Gasteiger partial charge in [-0.2, -0.15) is 0 Å². The van der Waals surface area contributed by atoms with E-state index in [1.807, 2.05) is 13.8 Å². The lowest BCUT2D eigenvalue weighted by Crippen LogP contribution is -2.42. The molecule has 0 aliphatic carbocycles. The van der Waals surface area contributed by atoms with Crippen LogP contribution in [0.5, 0.6) is 0 Å². The van der Waals surface area contributed by atoms with E-state index >= 15 is 0 Å². The van der Waals surface area contributed by atoms with E-state index < -0.39 is 17.9 Å². The number of carbonyl (C=O) groups is 2. The van der Waals surface area contributed by atoms with Crippen LogP contribution in [0.15, 0.2) is 23.1 Å². The lowest BCUT2D eigenvalue weighted by Gasteiger charge is -2.18. The molecular formula is C13H18N2O4. The topological polar surface area (TPSA) is 88.3 Å². The molecule has 0 bridgehead atoms. The highest BCUT2D eigenvalue weighted by Gasteiger charge is 2.23. The average Bonchev–Trinajstić information content (AvgIpc) is 2.37. The zero-order valence-corrected chi connectivity index (χ0v) is 11.2. The van der Waals surface area contributed by atoms with Gasteiger partial charge in [-0.3, -0.25) is 9.59 Å². The second-order valence-electron chi connectivity index (χ2n) is 4.62. The van der Waals surface area contributed by atoms with Crippen LogP contribution in [-0.4, -0.2) is 30.0 Å². The Bertz CT molecular complexity index is 487. The van der Waals surface area contributed by atoms with Crippen molar-refractivity contribution in [3.05, 3.63) is 34.2 Å². The van der Waals surface area contributed by atoms with E-state index in [0.29, 0.717) is 6.42 Å². The summed E-state index contributed by atoms with van der Waals surface area (Å²) in [5.41, 5.74) is 0.000470. The summed E-state index contributed by atoms with van der Waals surface area (Å²) in [5.74, 6) is -0.668. The second-order valence-corrected chi connectivity index (χ2v) is 4.62. The maximum Gasteiger partial charge on any atom is 0.328 e. The van der Waals surface area contributed by atoms with Gasteiger partial charge in [0.2, 0.25) is 5.56 Å². The molecule has 0 aromatic carbocycles. The molecule has 6 heteroatoms. The fourth-order valence-corrected chi connectivity index (χ4v) is 1.62. The Morgan fingerprint density at radius 1 is 1.37 bits per heavy atom. The quantitative estimate of drug-likeness (QED) is 0.767. The molecule has 1 amide bonds. The summed E-state index contributed by atoms with van der Waals surface area (Å²) in [7, 11) is 1.28. The summed E-state index contributed by atoms with van der Waals surface area (Å²) < 4.78 is 4.66. The van der Waals surface area contributed by atoms with Gasteiger partial charge in [0.25, 0.3) is 5.91 Å². The van der Waals surface area contributed by atoms with Crippen molar-refractivity contribution in [3.63, 3.8) is 0 Å². The Kier molecular flexibility index (Phi) is 5.29. The molecule has 6 nitrogen and oxygen atoms in total. The van der Waals surface area contributed by atoms with Gasteiger partial charge in [0, 0.05) is 12.3 Å². The predicted molar refractivity (Wildman–Crippen MR) is 69.8 cm³/mol. The Morgan fingerprint density at radius 2 is 2.05 bits per heavy atom. The van der Waals surface area contributed by atoms with E-state index in [1.54, 1.807) is 0 Å². The Hall–Kier alpha value is -2.11. The molecular weight excluding hydrogens is 248 g/mol. The van der Waals surface area contributed by atoms with Gasteiger partial charge in [0.1, 0.15) is 6.04 Å². The normalized spacial score (nSPS) is 12.0. The van der Waals surface area contributed by atoms with Crippen molar-refractivity contribution in [3.8, 4) is 0 Å². The van der Waals surface area contributed by atoms with E-state index in [2.05, 4.69) is 15.0 Å². The first kappa shape index (κ1) is 14.9. The first-order valence-corrected chi connectivity index (χ1v) is 6.01. The van der Waals surface area contributed by atoms with Gasteiger partial charge in [-0.1, -0.05) is 13.8 Å². The van der Waals surface area contributed by atoms with E-state index in [-0.39, 0.29) is 17.0 Å². The van der Waals surface area contributed by atoms with Crippen LogP contribution in [0.25, 0.3) is 0 Å². The standard InChI is InChI=1S/C13H18N2O4/c1-8(2)6-10(13(18)19-3)15-12(17)9-4-5-11(16)14-7-9/h4-5,7-8,10H,6H2,1-3H3,(H,14,16)(H,15,17). The number of aromatic amines is 1. The van der Waals surface area contributed by atoms with Crippen LogP contribution in [0.3, 0.4) is 0 Å². The minimum Gasteiger partial charge on any atom is -0.467 e. The van der Waals surface area contributed by atoms with Gasteiger partial charge in [0.15, 0.2) is 0 Å². The smallest absolute Gasteiger partial charge is 0.328 e. The number of aromatic nitrogens is 1. The van der Waals surface area contributed by atoms with Crippen molar-refractivity contribution in [2.45, 2.75) is 26.3 Å². The molecule has 0 fully saturated rings. The fourth-order valence-electron chi connectivity index (χ4n) is 1.62. The van der Waals surface area contributed by atoms with Crippen LogP contribution < -0.4 is 10.9 Å². The van der Waals surface area contributed by atoms with Gasteiger partial charge in [-0.05, 0) is 18.4 Å². The van der Waals surface area contributed by atoms with Crippen LogP contribution >= 0.6 is 0 Å². The number of H-pyrrole nitrogens is 1. The van der Waals surface area contributed by atoms with Crippen molar-refractivity contribution in [2.75, 3.05) is 7.11 Å². The molecule has 1 aromatic rings. The number of rotatable bonds is 5. The lowest BCUT2D eigenvalue weighted by atomic mass is 10.0. The van der Waals surface area contributed by atoms with E-state index in [1.165, 1.54) is 25.4 Å². The molecule has 1 aromatic heterocycles. The zero-order valence-electron chi connectivity index (χ0n) is 11.2. The minimum absolute atomic E-state index is 0.236. The zero-order chi connectivity index (χ0) is 14.4. The maximum atomic E-state index is 11.9. The van der Waals surface area contributed by atoms with Crippen molar-refractivity contribution >= 4 is 11.9 Å². The third kappa shape index (κ3) is 4.57. The molecule has 1 unspecified atom stereocenters. The average molecular weight is 266 g/mol. The SMILES string of the molecule is COC(=O)C(CC(C)C)NC(=O)c1ccc(=O)[nH]c1. The highest BCUT2D eigenvalue weighted by atomic mass is 16.5. The number of hydrogen-bond donors (Lipinski definition) is 2. The van der Waals surface area contributed by atoms with Gasteiger partial charge in [0.05, 0.1) is 12.7 Å². The molecule has 2 N–H and O–H groups in total. The van der Waals surface area contributed by atoms with E-state index in [4.69, 9.17) is 0 Å². The first-order chi connectivity index (χ1) is 8.93. The van der Waals surface area contributed by atoms with Crippen LogP contribution in [0.4, 0.5) is 0 Å². The van der Waals surface area contributed by atoms with Crippen molar-refractivity contribution in [2.24, 2.45) is 5.92 Å². The number of amides is 1. The minimum atomic E-state index is -0.690. The summed E-state index contributed by atoms with van der Waals surface area (Å²) in [5, 5.41) is 2.60. The van der Waals surface area contributed by atoms with Crippen molar-refractivity contribution in [1.82, 2.24) is 10.3 Å².